The van der Waals surface area contributed by atoms with Gasteiger partial charge in [0.2, 0.25) is 0 Å². The highest BCUT2D eigenvalue weighted by Crippen LogP contribution is 2.26. The van der Waals surface area contributed by atoms with Crippen LogP contribution >= 0.6 is 11.8 Å². The number of aliphatic hydroxyl groups is 1. The summed E-state index contributed by atoms with van der Waals surface area (Å²) in [5.41, 5.74) is 1.45. The lowest BCUT2D eigenvalue weighted by molar-refractivity contribution is 0.196. The number of hydrogen-bond donors (Lipinski definition) is 1. The van der Waals surface area contributed by atoms with Gasteiger partial charge in [0.15, 0.2) is 0 Å². The second kappa shape index (κ2) is 5.15. The number of nitrogens with zero attached hydrogens (tertiary/aromatic N) is 2. The Morgan fingerprint density at radius 3 is 2.67 bits per heavy atom. The van der Waals surface area contributed by atoms with E-state index in [0.717, 1.165) is 5.69 Å². The maximum Gasteiger partial charge on any atom is 0.114 e. The third kappa shape index (κ3) is 3.22. The van der Waals surface area contributed by atoms with E-state index in [4.69, 9.17) is 5.26 Å². The summed E-state index contributed by atoms with van der Waals surface area (Å²) in [7, 11) is 0. The molecular weight excluding hydrogens is 208 g/mol. The first-order chi connectivity index (χ1) is 7.04. The van der Waals surface area contributed by atoms with Gasteiger partial charge in [0.1, 0.15) is 11.1 Å². The van der Waals surface area contributed by atoms with E-state index in [1.165, 1.54) is 11.8 Å². The van der Waals surface area contributed by atoms with Crippen molar-refractivity contribution >= 4 is 11.8 Å². The Balaban J connectivity index is 2.93. The number of aliphatic hydroxyl groups excluding tert-OH is 1. The normalized spacial score (nSPS) is 14.3. The zero-order valence-corrected chi connectivity index (χ0v) is 9.88. The van der Waals surface area contributed by atoms with Crippen molar-refractivity contribution in [3.8, 4) is 6.07 Å². The van der Waals surface area contributed by atoms with E-state index < -0.39 is 6.10 Å². The summed E-state index contributed by atoms with van der Waals surface area (Å²) in [6, 6.07) is 5.68. The molecule has 0 aliphatic heterocycles. The molecule has 3 nitrogen and oxygen atoms in total. The number of rotatable bonds is 3. The van der Waals surface area contributed by atoms with E-state index in [-0.39, 0.29) is 5.25 Å². The van der Waals surface area contributed by atoms with Crippen LogP contribution in [-0.2, 0) is 0 Å². The van der Waals surface area contributed by atoms with Crippen molar-refractivity contribution in [2.75, 3.05) is 0 Å². The minimum absolute atomic E-state index is 0.0337. The van der Waals surface area contributed by atoms with E-state index in [1.807, 2.05) is 19.9 Å². The largest absolute Gasteiger partial charge is 0.392 e. The SMILES string of the molecule is Cc1ccc(C#N)c(SC(C)C(C)O)n1. The monoisotopic (exact) mass is 222 g/mol. The Bertz CT molecular complexity index is 385. The van der Waals surface area contributed by atoms with Gasteiger partial charge >= 0.3 is 0 Å². The van der Waals surface area contributed by atoms with E-state index >= 15 is 0 Å². The van der Waals surface area contributed by atoms with Crippen molar-refractivity contribution in [2.45, 2.75) is 37.2 Å². The molecule has 0 saturated heterocycles. The van der Waals surface area contributed by atoms with Crippen molar-refractivity contribution in [2.24, 2.45) is 0 Å². The Hall–Kier alpha value is -1.05. The van der Waals surface area contributed by atoms with Crippen LogP contribution in [0.25, 0.3) is 0 Å². The minimum Gasteiger partial charge on any atom is -0.392 e. The molecule has 0 aromatic carbocycles. The van der Waals surface area contributed by atoms with Crippen molar-refractivity contribution in [3.05, 3.63) is 23.4 Å². The molecule has 0 bridgehead atoms. The van der Waals surface area contributed by atoms with Crippen LogP contribution in [0.1, 0.15) is 25.1 Å². The molecule has 1 rings (SSSR count). The number of aryl methyl sites for hydroxylation is 1. The van der Waals surface area contributed by atoms with Crippen molar-refractivity contribution < 1.29 is 5.11 Å². The molecule has 1 aromatic heterocycles. The molecule has 0 saturated carbocycles. The average molecular weight is 222 g/mol. The molecule has 0 spiro atoms. The Morgan fingerprint density at radius 1 is 1.47 bits per heavy atom. The van der Waals surface area contributed by atoms with E-state index in [1.54, 1.807) is 13.0 Å². The number of aromatic nitrogens is 1. The number of nitriles is 1. The molecule has 1 N–H and O–H groups in total. The smallest absolute Gasteiger partial charge is 0.114 e. The third-order valence-corrected chi connectivity index (χ3v) is 3.40. The average Bonchev–Trinajstić information content (AvgIpc) is 2.18. The maximum absolute atomic E-state index is 9.38. The van der Waals surface area contributed by atoms with Gasteiger partial charge in [-0.3, -0.25) is 0 Å². The molecule has 4 heteroatoms. The summed E-state index contributed by atoms with van der Waals surface area (Å²) in [5, 5.41) is 19.0. The molecule has 1 aromatic rings. The molecule has 0 aliphatic rings. The van der Waals surface area contributed by atoms with Gasteiger partial charge in [0.25, 0.3) is 0 Å². The molecule has 0 fully saturated rings. The highest BCUT2D eigenvalue weighted by atomic mass is 32.2. The van der Waals surface area contributed by atoms with Gasteiger partial charge < -0.3 is 5.11 Å². The van der Waals surface area contributed by atoms with Gasteiger partial charge in [0, 0.05) is 10.9 Å². The van der Waals surface area contributed by atoms with Gasteiger partial charge in [-0.15, -0.1) is 0 Å². The van der Waals surface area contributed by atoms with Crippen LogP contribution in [0.4, 0.5) is 0 Å². The lowest BCUT2D eigenvalue weighted by atomic mass is 10.3. The van der Waals surface area contributed by atoms with Crippen LogP contribution in [0.3, 0.4) is 0 Å². The lowest BCUT2D eigenvalue weighted by Crippen LogP contribution is -2.15. The standard InChI is InChI=1S/C11H14N2OS/c1-7-4-5-10(6-12)11(13-7)15-9(3)8(2)14/h4-5,8-9,14H,1-3H3. The zero-order valence-electron chi connectivity index (χ0n) is 9.06. The van der Waals surface area contributed by atoms with Gasteiger partial charge in [-0.05, 0) is 26.0 Å². The first kappa shape index (κ1) is 12.0. The first-order valence-corrected chi connectivity index (χ1v) is 5.65. The highest BCUT2D eigenvalue weighted by molar-refractivity contribution is 7.99. The van der Waals surface area contributed by atoms with Gasteiger partial charge in [-0.25, -0.2) is 4.98 Å². The molecule has 1 heterocycles. The van der Waals surface area contributed by atoms with Crippen LogP contribution in [0.2, 0.25) is 0 Å². The van der Waals surface area contributed by atoms with Crippen LogP contribution in [-0.4, -0.2) is 21.4 Å². The number of hydrogen-bond acceptors (Lipinski definition) is 4. The molecule has 2 atom stereocenters. The van der Waals surface area contributed by atoms with Crippen LogP contribution < -0.4 is 0 Å². The Morgan fingerprint density at radius 2 is 2.13 bits per heavy atom. The van der Waals surface area contributed by atoms with Crippen molar-refractivity contribution in [1.82, 2.24) is 4.98 Å². The number of thioether (sulfide) groups is 1. The van der Waals surface area contributed by atoms with Gasteiger partial charge in [-0.1, -0.05) is 18.7 Å². The summed E-state index contributed by atoms with van der Waals surface area (Å²) >= 11 is 1.43. The van der Waals surface area contributed by atoms with E-state index in [2.05, 4.69) is 11.1 Å². The maximum atomic E-state index is 9.38. The zero-order chi connectivity index (χ0) is 11.4. The first-order valence-electron chi connectivity index (χ1n) is 4.77. The van der Waals surface area contributed by atoms with Crippen LogP contribution in [0.5, 0.6) is 0 Å². The number of pyridine rings is 1. The Labute approximate surface area is 94.2 Å². The van der Waals surface area contributed by atoms with Gasteiger partial charge in [-0.2, -0.15) is 5.26 Å². The van der Waals surface area contributed by atoms with Gasteiger partial charge in [0.05, 0.1) is 11.7 Å². The fraction of sp³-hybridized carbons (Fsp3) is 0.455. The molecule has 80 valence electrons. The van der Waals surface area contributed by atoms with E-state index in [0.29, 0.717) is 10.6 Å². The fourth-order valence-electron chi connectivity index (χ4n) is 0.982. The van der Waals surface area contributed by atoms with Crippen LogP contribution in [0, 0.1) is 18.3 Å². The molecule has 15 heavy (non-hydrogen) atoms. The highest BCUT2D eigenvalue weighted by Gasteiger charge is 2.14. The summed E-state index contributed by atoms with van der Waals surface area (Å²) < 4.78 is 0. The van der Waals surface area contributed by atoms with E-state index in [9.17, 15) is 5.11 Å². The summed E-state index contributed by atoms with van der Waals surface area (Å²) in [5.74, 6) is 0. The predicted octanol–water partition coefficient (Wildman–Crippen LogP) is 2.12. The second-order valence-electron chi connectivity index (χ2n) is 3.48. The minimum atomic E-state index is -0.413. The summed E-state index contributed by atoms with van der Waals surface area (Å²) in [6.45, 7) is 5.54. The molecule has 0 aliphatic carbocycles. The quantitative estimate of drug-likeness (QED) is 0.796. The second-order valence-corrected chi connectivity index (χ2v) is 4.85. The topological polar surface area (TPSA) is 56.9 Å². The van der Waals surface area contributed by atoms with Crippen molar-refractivity contribution in [3.63, 3.8) is 0 Å². The lowest BCUT2D eigenvalue weighted by Gasteiger charge is -2.14. The third-order valence-electron chi connectivity index (χ3n) is 2.10. The van der Waals surface area contributed by atoms with Crippen LogP contribution in [0.15, 0.2) is 17.2 Å². The molecule has 0 radical (unpaired) electrons. The Kier molecular flexibility index (Phi) is 4.13. The molecular formula is C11H14N2OS. The van der Waals surface area contributed by atoms with Crippen molar-refractivity contribution in [1.29, 1.82) is 5.26 Å². The summed E-state index contributed by atoms with van der Waals surface area (Å²) in [6.07, 6.45) is -0.413. The molecule has 2 unspecified atom stereocenters. The summed E-state index contributed by atoms with van der Waals surface area (Å²) in [4.78, 5) is 4.30. The molecule has 0 amide bonds. The fourth-order valence-corrected chi connectivity index (χ4v) is 1.97. The predicted molar refractivity (Wildman–Crippen MR) is 60.7 cm³/mol.